The topological polar surface area (TPSA) is 29.1 Å². The number of rotatable bonds is 7. The Kier molecular flexibility index (Phi) is 6.20. The second-order valence-corrected chi connectivity index (χ2v) is 6.74. The smallest absolute Gasteiger partial charge is 0.223 e. The van der Waals surface area contributed by atoms with E-state index in [1.807, 2.05) is 19.9 Å². The Morgan fingerprint density at radius 1 is 1.18 bits per heavy atom. The summed E-state index contributed by atoms with van der Waals surface area (Å²) in [7, 11) is 0. The molecule has 0 bridgehead atoms. The normalized spacial score (nSPS) is 13.6. The maximum Gasteiger partial charge on any atom is 0.223 e. The molecule has 0 aliphatic rings. The van der Waals surface area contributed by atoms with Gasteiger partial charge in [0, 0.05) is 10.8 Å². The Labute approximate surface area is 137 Å². The zero-order valence-electron chi connectivity index (χ0n) is 13.6. The van der Waals surface area contributed by atoms with Gasteiger partial charge in [-0.05, 0) is 35.4 Å². The van der Waals surface area contributed by atoms with Crippen LogP contribution in [0, 0.1) is 5.92 Å². The molecule has 2 atom stereocenters. The molecule has 3 heteroatoms. The molecule has 0 spiro atoms. The number of aryl methyl sites for hydroxylation is 1. The Balaban J connectivity index is 2.23. The maximum atomic E-state index is 12.3. The minimum atomic E-state index is -0.0443. The first-order valence-electron chi connectivity index (χ1n) is 8.08. The molecule has 0 saturated carbocycles. The number of hydrogen-bond acceptors (Lipinski definition) is 2. The van der Waals surface area contributed by atoms with Crippen LogP contribution in [0.4, 0.5) is 0 Å². The third-order valence-corrected chi connectivity index (χ3v) is 4.96. The van der Waals surface area contributed by atoms with Crippen molar-refractivity contribution >= 4 is 17.2 Å². The average Bonchev–Trinajstić information content (AvgIpc) is 3.07. The summed E-state index contributed by atoms with van der Waals surface area (Å²) >= 11 is 1.69. The molecule has 2 nitrogen and oxygen atoms in total. The standard InChI is InChI=1S/C19H25NOS/c1-4-7-15-9-11-16(12-10-15)18(17-8-6-13-22-17)20-19(21)14(3)5-2/h6,8-14,18H,4-5,7H2,1-3H3,(H,20,21). The molecular formula is C19H25NOS. The van der Waals surface area contributed by atoms with Gasteiger partial charge in [-0.2, -0.15) is 0 Å². The summed E-state index contributed by atoms with van der Waals surface area (Å²) in [5, 5.41) is 5.27. The first-order valence-corrected chi connectivity index (χ1v) is 8.96. The van der Waals surface area contributed by atoms with E-state index in [0.29, 0.717) is 0 Å². The van der Waals surface area contributed by atoms with Gasteiger partial charge in [0.25, 0.3) is 0 Å². The van der Waals surface area contributed by atoms with E-state index in [-0.39, 0.29) is 17.9 Å². The van der Waals surface area contributed by atoms with E-state index in [4.69, 9.17) is 0 Å². The van der Waals surface area contributed by atoms with Crippen molar-refractivity contribution in [2.45, 2.75) is 46.1 Å². The van der Waals surface area contributed by atoms with Crippen molar-refractivity contribution in [3.63, 3.8) is 0 Å². The molecule has 0 aliphatic heterocycles. The van der Waals surface area contributed by atoms with Crippen LogP contribution < -0.4 is 5.32 Å². The molecule has 2 unspecified atom stereocenters. The fraction of sp³-hybridized carbons (Fsp3) is 0.421. The van der Waals surface area contributed by atoms with Gasteiger partial charge in [0.05, 0.1) is 6.04 Å². The van der Waals surface area contributed by atoms with E-state index in [9.17, 15) is 4.79 Å². The van der Waals surface area contributed by atoms with E-state index in [1.54, 1.807) is 11.3 Å². The number of carbonyl (C=O) groups is 1. The summed E-state index contributed by atoms with van der Waals surface area (Å²) in [5.74, 6) is 0.167. The van der Waals surface area contributed by atoms with Crippen molar-refractivity contribution in [2.24, 2.45) is 5.92 Å². The number of thiophene rings is 1. The summed E-state index contributed by atoms with van der Waals surface area (Å²) < 4.78 is 0. The lowest BCUT2D eigenvalue weighted by Gasteiger charge is -2.20. The molecule has 1 heterocycles. The summed E-state index contributed by atoms with van der Waals surface area (Å²) in [6.45, 7) is 6.21. The van der Waals surface area contributed by atoms with Crippen LogP contribution in [-0.2, 0) is 11.2 Å². The molecule has 0 saturated heterocycles. The lowest BCUT2D eigenvalue weighted by Crippen LogP contribution is -2.32. The Bertz CT molecular complexity index is 574. The first kappa shape index (κ1) is 16.8. The quantitative estimate of drug-likeness (QED) is 0.769. The minimum absolute atomic E-state index is 0.0434. The van der Waals surface area contributed by atoms with Crippen LogP contribution in [0.3, 0.4) is 0 Å². The Morgan fingerprint density at radius 3 is 2.45 bits per heavy atom. The fourth-order valence-corrected chi connectivity index (χ4v) is 3.21. The summed E-state index contributed by atoms with van der Waals surface area (Å²) in [6, 6.07) is 12.7. The SMILES string of the molecule is CCCc1ccc(C(NC(=O)C(C)CC)c2cccs2)cc1. The highest BCUT2D eigenvalue weighted by Crippen LogP contribution is 2.27. The van der Waals surface area contributed by atoms with Gasteiger partial charge < -0.3 is 5.32 Å². The van der Waals surface area contributed by atoms with Gasteiger partial charge in [-0.25, -0.2) is 0 Å². The highest BCUT2D eigenvalue weighted by molar-refractivity contribution is 7.10. The first-order chi connectivity index (χ1) is 10.7. The summed E-state index contributed by atoms with van der Waals surface area (Å²) in [6.07, 6.45) is 3.11. The highest BCUT2D eigenvalue weighted by atomic mass is 32.1. The lowest BCUT2D eigenvalue weighted by atomic mass is 10.0. The van der Waals surface area contributed by atoms with Gasteiger partial charge in [-0.1, -0.05) is 57.5 Å². The largest absolute Gasteiger partial charge is 0.344 e. The predicted octanol–water partition coefficient (Wildman–Crippen LogP) is 4.95. The van der Waals surface area contributed by atoms with E-state index >= 15 is 0 Å². The predicted molar refractivity (Wildman–Crippen MR) is 94.2 cm³/mol. The number of benzene rings is 1. The van der Waals surface area contributed by atoms with Gasteiger partial charge in [0.2, 0.25) is 5.91 Å². The molecule has 1 N–H and O–H groups in total. The second kappa shape index (κ2) is 8.14. The van der Waals surface area contributed by atoms with Crippen LogP contribution in [-0.4, -0.2) is 5.91 Å². The molecule has 1 aromatic carbocycles. The average molecular weight is 315 g/mol. The highest BCUT2D eigenvalue weighted by Gasteiger charge is 2.20. The van der Waals surface area contributed by atoms with Gasteiger partial charge in [0.15, 0.2) is 0 Å². The van der Waals surface area contributed by atoms with Crippen LogP contribution in [0.25, 0.3) is 0 Å². The maximum absolute atomic E-state index is 12.3. The number of carbonyl (C=O) groups excluding carboxylic acids is 1. The van der Waals surface area contributed by atoms with Gasteiger partial charge in [-0.3, -0.25) is 4.79 Å². The zero-order chi connectivity index (χ0) is 15.9. The number of amides is 1. The van der Waals surface area contributed by atoms with Crippen LogP contribution in [0.1, 0.15) is 55.7 Å². The van der Waals surface area contributed by atoms with Gasteiger partial charge >= 0.3 is 0 Å². The molecule has 22 heavy (non-hydrogen) atoms. The molecule has 2 rings (SSSR count). The Morgan fingerprint density at radius 2 is 1.91 bits per heavy atom. The number of nitrogens with one attached hydrogen (secondary N) is 1. The van der Waals surface area contributed by atoms with E-state index in [0.717, 1.165) is 24.8 Å². The number of hydrogen-bond donors (Lipinski definition) is 1. The van der Waals surface area contributed by atoms with Crippen molar-refractivity contribution in [2.75, 3.05) is 0 Å². The molecule has 0 fully saturated rings. The van der Waals surface area contributed by atoms with Crippen LogP contribution in [0.15, 0.2) is 41.8 Å². The van der Waals surface area contributed by atoms with Crippen molar-refractivity contribution in [3.8, 4) is 0 Å². The summed E-state index contributed by atoms with van der Waals surface area (Å²) in [5.41, 5.74) is 2.50. The van der Waals surface area contributed by atoms with Crippen molar-refractivity contribution < 1.29 is 4.79 Å². The molecular weight excluding hydrogens is 290 g/mol. The van der Waals surface area contributed by atoms with Crippen molar-refractivity contribution in [3.05, 3.63) is 57.8 Å². The lowest BCUT2D eigenvalue weighted by molar-refractivity contribution is -0.125. The van der Waals surface area contributed by atoms with Crippen molar-refractivity contribution in [1.82, 2.24) is 5.32 Å². The molecule has 118 valence electrons. The zero-order valence-corrected chi connectivity index (χ0v) is 14.5. The second-order valence-electron chi connectivity index (χ2n) is 5.76. The van der Waals surface area contributed by atoms with E-state index in [1.165, 1.54) is 10.4 Å². The Hall–Kier alpha value is -1.61. The third-order valence-electron chi connectivity index (χ3n) is 4.03. The van der Waals surface area contributed by atoms with Gasteiger partial charge in [-0.15, -0.1) is 11.3 Å². The van der Waals surface area contributed by atoms with Crippen molar-refractivity contribution in [1.29, 1.82) is 0 Å². The molecule has 0 aliphatic carbocycles. The van der Waals surface area contributed by atoms with E-state index in [2.05, 4.69) is 48.0 Å². The molecule has 1 amide bonds. The van der Waals surface area contributed by atoms with Crippen LogP contribution in [0.2, 0.25) is 0 Å². The summed E-state index contributed by atoms with van der Waals surface area (Å²) in [4.78, 5) is 13.5. The molecule has 0 radical (unpaired) electrons. The van der Waals surface area contributed by atoms with Crippen LogP contribution >= 0.6 is 11.3 Å². The van der Waals surface area contributed by atoms with E-state index < -0.39 is 0 Å². The monoisotopic (exact) mass is 315 g/mol. The van der Waals surface area contributed by atoms with Crippen LogP contribution in [0.5, 0.6) is 0 Å². The third kappa shape index (κ3) is 4.20. The van der Waals surface area contributed by atoms with Gasteiger partial charge in [0.1, 0.15) is 0 Å². The minimum Gasteiger partial charge on any atom is -0.344 e. The molecule has 2 aromatic rings. The molecule has 1 aromatic heterocycles. The fourth-order valence-electron chi connectivity index (χ4n) is 2.41.